The lowest BCUT2D eigenvalue weighted by molar-refractivity contribution is 0.386. The predicted molar refractivity (Wildman–Crippen MR) is 86.4 cm³/mol. The fourth-order valence-electron chi connectivity index (χ4n) is 2.14. The molecule has 0 aliphatic rings. The molecule has 0 atom stereocenters. The van der Waals surface area contributed by atoms with E-state index in [9.17, 15) is 4.39 Å². The first-order chi connectivity index (χ1) is 11.2. The Hall–Kier alpha value is -2.41. The van der Waals surface area contributed by atoms with Gasteiger partial charge in [0.15, 0.2) is 11.6 Å². The number of halogens is 1. The molecule has 0 spiro atoms. The highest BCUT2D eigenvalue weighted by molar-refractivity contribution is 7.98. The number of ether oxygens (including phenoxy) is 1. The molecule has 3 rings (SSSR count). The lowest BCUT2D eigenvalue weighted by atomic mass is 10.2. The first kappa shape index (κ1) is 15.5. The molecular formula is C16H15FN4OS. The number of hydrogen-bond acceptors (Lipinski definition) is 5. The van der Waals surface area contributed by atoms with Gasteiger partial charge in [-0.25, -0.2) is 4.39 Å². The van der Waals surface area contributed by atoms with Gasteiger partial charge >= 0.3 is 0 Å². The molecule has 7 heteroatoms. The van der Waals surface area contributed by atoms with Crippen LogP contribution in [0.1, 0.15) is 11.1 Å². The molecule has 1 aromatic heterocycles. The Morgan fingerprint density at radius 2 is 2.09 bits per heavy atom. The van der Waals surface area contributed by atoms with Gasteiger partial charge < -0.3 is 4.74 Å². The molecule has 0 aliphatic heterocycles. The van der Waals surface area contributed by atoms with E-state index in [1.807, 2.05) is 37.3 Å². The van der Waals surface area contributed by atoms with Crippen LogP contribution in [0.3, 0.4) is 0 Å². The number of methoxy groups -OCH3 is 1. The fraction of sp³-hybridized carbons (Fsp3) is 0.188. The number of aromatic nitrogens is 4. The van der Waals surface area contributed by atoms with Gasteiger partial charge in [-0.3, -0.25) is 0 Å². The zero-order valence-corrected chi connectivity index (χ0v) is 13.5. The molecule has 0 bridgehead atoms. The van der Waals surface area contributed by atoms with Crippen LogP contribution in [-0.4, -0.2) is 27.3 Å². The standard InChI is InChI=1S/C16H15FN4OS/c1-11-4-3-5-13(8-11)21-16(18-19-20-21)23-10-12-6-7-15(22-2)14(17)9-12/h3-9H,10H2,1-2H3. The summed E-state index contributed by atoms with van der Waals surface area (Å²) in [7, 11) is 1.45. The van der Waals surface area contributed by atoms with Crippen LogP contribution in [0, 0.1) is 12.7 Å². The van der Waals surface area contributed by atoms with E-state index in [2.05, 4.69) is 15.5 Å². The van der Waals surface area contributed by atoms with Gasteiger partial charge in [-0.15, -0.1) is 5.10 Å². The quantitative estimate of drug-likeness (QED) is 0.671. The number of nitrogens with zero attached hydrogens (tertiary/aromatic N) is 4. The van der Waals surface area contributed by atoms with Crippen LogP contribution in [-0.2, 0) is 5.75 Å². The van der Waals surface area contributed by atoms with Gasteiger partial charge in [0.1, 0.15) is 0 Å². The Morgan fingerprint density at radius 3 is 2.83 bits per heavy atom. The average molecular weight is 330 g/mol. The van der Waals surface area contributed by atoms with Gasteiger partial charge in [0.25, 0.3) is 0 Å². The van der Waals surface area contributed by atoms with Crippen LogP contribution >= 0.6 is 11.8 Å². The van der Waals surface area contributed by atoms with Crippen molar-refractivity contribution in [3.8, 4) is 11.4 Å². The monoisotopic (exact) mass is 330 g/mol. The van der Waals surface area contributed by atoms with E-state index in [0.717, 1.165) is 16.8 Å². The smallest absolute Gasteiger partial charge is 0.214 e. The van der Waals surface area contributed by atoms with Crippen LogP contribution in [0.25, 0.3) is 5.69 Å². The SMILES string of the molecule is COc1ccc(CSc2nnnn2-c2cccc(C)c2)cc1F. The van der Waals surface area contributed by atoms with Crippen molar-refractivity contribution in [1.29, 1.82) is 0 Å². The first-order valence-corrected chi connectivity index (χ1v) is 7.96. The number of tetrazole rings is 1. The van der Waals surface area contributed by atoms with Crippen molar-refractivity contribution in [3.05, 3.63) is 59.4 Å². The Balaban J connectivity index is 1.77. The molecule has 0 N–H and O–H groups in total. The Kier molecular flexibility index (Phi) is 4.57. The van der Waals surface area contributed by atoms with Crippen molar-refractivity contribution in [1.82, 2.24) is 20.2 Å². The third-order valence-electron chi connectivity index (χ3n) is 3.27. The predicted octanol–water partition coefficient (Wildman–Crippen LogP) is 3.41. The summed E-state index contributed by atoms with van der Waals surface area (Å²) in [6.45, 7) is 2.01. The summed E-state index contributed by atoms with van der Waals surface area (Å²) in [6, 6.07) is 12.8. The summed E-state index contributed by atoms with van der Waals surface area (Å²) in [4.78, 5) is 0. The molecule has 3 aromatic rings. The van der Waals surface area contributed by atoms with Crippen molar-refractivity contribution in [2.24, 2.45) is 0 Å². The van der Waals surface area contributed by atoms with Gasteiger partial charge in [-0.1, -0.05) is 30.0 Å². The Morgan fingerprint density at radius 1 is 1.22 bits per heavy atom. The Labute approximate surface area is 137 Å². The second-order valence-electron chi connectivity index (χ2n) is 4.97. The Bertz CT molecular complexity index is 821. The average Bonchev–Trinajstić information content (AvgIpc) is 3.01. The maximum atomic E-state index is 13.7. The molecule has 118 valence electrons. The molecule has 5 nitrogen and oxygen atoms in total. The highest BCUT2D eigenvalue weighted by Crippen LogP contribution is 2.25. The summed E-state index contributed by atoms with van der Waals surface area (Å²) in [5, 5.41) is 12.5. The molecule has 0 amide bonds. The number of thioether (sulfide) groups is 1. The molecule has 0 unspecified atom stereocenters. The topological polar surface area (TPSA) is 52.8 Å². The zero-order valence-electron chi connectivity index (χ0n) is 12.7. The van der Waals surface area contributed by atoms with Crippen molar-refractivity contribution < 1.29 is 9.13 Å². The van der Waals surface area contributed by atoms with E-state index in [1.165, 1.54) is 24.9 Å². The minimum absolute atomic E-state index is 0.239. The summed E-state index contributed by atoms with van der Waals surface area (Å²) < 4.78 is 20.3. The molecule has 0 saturated carbocycles. The summed E-state index contributed by atoms with van der Waals surface area (Å²) >= 11 is 1.45. The largest absolute Gasteiger partial charge is 0.494 e. The van der Waals surface area contributed by atoms with Crippen LogP contribution < -0.4 is 4.74 Å². The van der Waals surface area contributed by atoms with Crippen molar-refractivity contribution in [3.63, 3.8) is 0 Å². The van der Waals surface area contributed by atoms with E-state index >= 15 is 0 Å². The van der Waals surface area contributed by atoms with Crippen molar-refractivity contribution >= 4 is 11.8 Å². The summed E-state index contributed by atoms with van der Waals surface area (Å²) in [5.41, 5.74) is 2.87. The second kappa shape index (κ2) is 6.78. The van der Waals surface area contributed by atoms with Gasteiger partial charge in [-0.2, -0.15) is 4.68 Å². The van der Waals surface area contributed by atoms with Gasteiger partial charge in [0.2, 0.25) is 5.16 Å². The summed E-state index contributed by atoms with van der Waals surface area (Å²) in [5.74, 6) is 0.430. The maximum Gasteiger partial charge on any atom is 0.214 e. The molecule has 23 heavy (non-hydrogen) atoms. The molecule has 2 aromatic carbocycles. The number of rotatable bonds is 5. The molecule has 0 aliphatic carbocycles. The second-order valence-corrected chi connectivity index (χ2v) is 5.91. The van der Waals surface area contributed by atoms with E-state index < -0.39 is 0 Å². The van der Waals surface area contributed by atoms with Gasteiger partial charge in [-0.05, 0) is 52.7 Å². The third-order valence-corrected chi connectivity index (χ3v) is 4.26. The number of benzene rings is 2. The third kappa shape index (κ3) is 3.50. The molecule has 0 fully saturated rings. The molecule has 0 saturated heterocycles. The zero-order chi connectivity index (χ0) is 16.2. The summed E-state index contributed by atoms with van der Waals surface area (Å²) in [6.07, 6.45) is 0. The van der Waals surface area contributed by atoms with Crippen molar-refractivity contribution in [2.45, 2.75) is 17.8 Å². The number of hydrogen-bond donors (Lipinski definition) is 0. The highest BCUT2D eigenvalue weighted by Gasteiger charge is 2.10. The van der Waals surface area contributed by atoms with Gasteiger partial charge in [0.05, 0.1) is 12.8 Å². The fourth-order valence-corrected chi connectivity index (χ4v) is 2.97. The molecule has 0 radical (unpaired) electrons. The lowest BCUT2D eigenvalue weighted by Crippen LogP contribution is -1.99. The van der Waals surface area contributed by atoms with Crippen LogP contribution in [0.5, 0.6) is 5.75 Å². The van der Waals surface area contributed by atoms with Gasteiger partial charge in [0, 0.05) is 5.75 Å². The first-order valence-electron chi connectivity index (χ1n) is 6.98. The van der Waals surface area contributed by atoms with Crippen LogP contribution in [0.4, 0.5) is 4.39 Å². The molecule has 1 heterocycles. The highest BCUT2D eigenvalue weighted by atomic mass is 32.2. The van der Waals surface area contributed by atoms with E-state index in [4.69, 9.17) is 4.74 Å². The van der Waals surface area contributed by atoms with Crippen LogP contribution in [0.15, 0.2) is 47.6 Å². The lowest BCUT2D eigenvalue weighted by Gasteiger charge is -2.06. The van der Waals surface area contributed by atoms with Crippen LogP contribution in [0.2, 0.25) is 0 Å². The maximum absolute atomic E-state index is 13.7. The van der Waals surface area contributed by atoms with E-state index in [-0.39, 0.29) is 11.6 Å². The van der Waals surface area contributed by atoms with E-state index in [1.54, 1.807) is 10.7 Å². The normalized spacial score (nSPS) is 10.7. The molecular weight excluding hydrogens is 315 g/mol. The minimum atomic E-state index is -0.371. The van der Waals surface area contributed by atoms with Crippen molar-refractivity contribution in [2.75, 3.05) is 7.11 Å². The minimum Gasteiger partial charge on any atom is -0.494 e. The number of aryl methyl sites for hydroxylation is 1. The van der Waals surface area contributed by atoms with E-state index in [0.29, 0.717) is 10.9 Å².